The van der Waals surface area contributed by atoms with Crippen LogP contribution in [0.15, 0.2) is 18.5 Å². The van der Waals surface area contributed by atoms with Crippen LogP contribution < -0.4 is 4.74 Å². The van der Waals surface area contributed by atoms with Crippen LogP contribution in [0.5, 0.6) is 5.75 Å². The summed E-state index contributed by atoms with van der Waals surface area (Å²) in [6.45, 7) is -0.380. The van der Waals surface area contributed by atoms with Crippen LogP contribution in [0.4, 0.5) is 22.0 Å². The molecule has 0 amide bonds. The van der Waals surface area contributed by atoms with Crippen molar-refractivity contribution in [1.82, 2.24) is 14.5 Å². The molecule has 0 fully saturated rings. The minimum absolute atomic E-state index is 0.0527. The van der Waals surface area contributed by atoms with Gasteiger partial charge in [0.1, 0.15) is 11.0 Å². The summed E-state index contributed by atoms with van der Waals surface area (Å²) in [6, 6.07) is 1.12. The van der Waals surface area contributed by atoms with Crippen molar-refractivity contribution in [1.29, 1.82) is 0 Å². The van der Waals surface area contributed by atoms with Crippen LogP contribution in [0.25, 0.3) is 5.82 Å². The number of aromatic nitrogens is 3. The van der Waals surface area contributed by atoms with Crippen LogP contribution in [-0.2, 0) is 12.8 Å². The summed E-state index contributed by atoms with van der Waals surface area (Å²) < 4.78 is 69.3. The third-order valence-electron chi connectivity index (χ3n) is 3.53. The molecule has 0 bridgehead atoms. The second kappa shape index (κ2) is 7.55. The van der Waals surface area contributed by atoms with Crippen molar-refractivity contribution in [2.24, 2.45) is 5.92 Å². The van der Waals surface area contributed by atoms with Crippen molar-refractivity contribution in [3.05, 3.63) is 35.0 Å². The molecule has 0 aromatic carbocycles. The second-order valence-corrected chi connectivity index (χ2v) is 5.76. The van der Waals surface area contributed by atoms with Gasteiger partial charge >= 0.3 is 12.8 Å². The van der Waals surface area contributed by atoms with Crippen LogP contribution in [-0.4, -0.2) is 27.3 Å². The second-order valence-electron chi connectivity index (χ2n) is 5.38. The summed E-state index contributed by atoms with van der Waals surface area (Å²) in [6.07, 6.45) is -1.85. The average Bonchev–Trinajstić information content (AvgIpc) is 2.87. The van der Waals surface area contributed by atoms with Gasteiger partial charge in [-0.3, -0.25) is 4.57 Å². The molecule has 2 heterocycles. The van der Waals surface area contributed by atoms with Gasteiger partial charge < -0.3 is 4.74 Å². The molecular formula is C15H15ClF5N3O. The molecule has 1 unspecified atom stereocenters. The molecule has 2 aromatic rings. The molecule has 138 valence electrons. The Labute approximate surface area is 145 Å². The quantitative estimate of drug-likeness (QED) is 0.671. The maximum atomic E-state index is 12.7. The average molecular weight is 384 g/mol. The van der Waals surface area contributed by atoms with Crippen LogP contribution in [0, 0.1) is 5.92 Å². The number of pyridine rings is 1. The third kappa shape index (κ3) is 4.59. The number of ether oxygens (including phenoxy) is 1. The van der Waals surface area contributed by atoms with Gasteiger partial charge in [-0.1, -0.05) is 25.4 Å². The van der Waals surface area contributed by atoms with Gasteiger partial charge in [0.05, 0.1) is 12.1 Å². The number of imidazole rings is 1. The Morgan fingerprint density at radius 1 is 1.24 bits per heavy atom. The highest BCUT2D eigenvalue weighted by atomic mass is 35.5. The monoisotopic (exact) mass is 383 g/mol. The van der Waals surface area contributed by atoms with Crippen LogP contribution in [0.3, 0.4) is 0 Å². The maximum Gasteiger partial charge on any atom is 0.391 e. The molecule has 0 radical (unpaired) electrons. The Balaban J connectivity index is 2.46. The van der Waals surface area contributed by atoms with Gasteiger partial charge in [0.25, 0.3) is 0 Å². The standard InChI is InChI=1S/C15H15ClF5N3O/c1-3-12-22-7-11(16)24(12)13-10(25-14(17)18)5-9(6-23-13)4-8(2)15(19,20)21/h5-8,14H,3-4H2,1-2H3. The smallest absolute Gasteiger partial charge is 0.391 e. The zero-order valence-electron chi connectivity index (χ0n) is 13.3. The molecule has 1 atom stereocenters. The lowest BCUT2D eigenvalue weighted by atomic mass is 10.0. The highest BCUT2D eigenvalue weighted by Crippen LogP contribution is 2.32. The number of hydrogen-bond donors (Lipinski definition) is 0. The maximum absolute atomic E-state index is 12.7. The number of hydrogen-bond acceptors (Lipinski definition) is 3. The van der Waals surface area contributed by atoms with Gasteiger partial charge in [0, 0.05) is 12.6 Å². The molecule has 0 aliphatic rings. The number of rotatable bonds is 6. The fourth-order valence-corrected chi connectivity index (χ4v) is 2.48. The van der Waals surface area contributed by atoms with E-state index in [-0.39, 0.29) is 22.3 Å². The molecule has 2 aromatic heterocycles. The molecule has 0 aliphatic heterocycles. The third-order valence-corrected chi connectivity index (χ3v) is 3.79. The summed E-state index contributed by atoms with van der Waals surface area (Å²) in [5, 5.41) is 0.125. The molecule has 0 saturated carbocycles. The largest absolute Gasteiger partial charge is 0.431 e. The molecule has 25 heavy (non-hydrogen) atoms. The molecule has 2 rings (SSSR count). The zero-order valence-corrected chi connectivity index (χ0v) is 14.1. The molecule has 0 N–H and O–H groups in total. The first-order valence-electron chi connectivity index (χ1n) is 7.36. The highest BCUT2D eigenvalue weighted by molar-refractivity contribution is 6.29. The van der Waals surface area contributed by atoms with E-state index in [2.05, 4.69) is 14.7 Å². The molecule has 0 spiro atoms. The highest BCUT2D eigenvalue weighted by Gasteiger charge is 2.36. The van der Waals surface area contributed by atoms with Gasteiger partial charge in [-0.15, -0.1) is 0 Å². The fraction of sp³-hybridized carbons (Fsp3) is 0.467. The lowest BCUT2D eigenvalue weighted by molar-refractivity contribution is -0.169. The zero-order chi connectivity index (χ0) is 18.8. The number of halogens is 6. The van der Waals surface area contributed by atoms with Crippen molar-refractivity contribution in [3.8, 4) is 11.6 Å². The van der Waals surface area contributed by atoms with E-state index in [1.807, 2.05) is 0 Å². The van der Waals surface area contributed by atoms with Crippen molar-refractivity contribution in [2.75, 3.05) is 0 Å². The van der Waals surface area contributed by atoms with Crippen molar-refractivity contribution in [2.45, 2.75) is 39.5 Å². The SMILES string of the molecule is CCc1ncc(Cl)n1-c1ncc(CC(C)C(F)(F)F)cc1OC(F)F. The van der Waals surface area contributed by atoms with Crippen LogP contribution in [0.1, 0.15) is 25.2 Å². The summed E-state index contributed by atoms with van der Waals surface area (Å²) in [7, 11) is 0. The number of aryl methyl sites for hydroxylation is 1. The molecular weight excluding hydrogens is 369 g/mol. The van der Waals surface area contributed by atoms with Gasteiger partial charge in [0.15, 0.2) is 11.6 Å². The summed E-state index contributed by atoms with van der Waals surface area (Å²) >= 11 is 6.02. The van der Waals surface area contributed by atoms with Gasteiger partial charge in [-0.2, -0.15) is 22.0 Å². The van der Waals surface area contributed by atoms with E-state index < -0.39 is 25.1 Å². The first-order chi connectivity index (χ1) is 11.6. The first-order valence-corrected chi connectivity index (χ1v) is 7.74. The van der Waals surface area contributed by atoms with E-state index in [0.717, 1.165) is 13.0 Å². The Morgan fingerprint density at radius 2 is 1.92 bits per heavy atom. The lowest BCUT2D eigenvalue weighted by Gasteiger charge is -2.17. The minimum atomic E-state index is -4.40. The van der Waals surface area contributed by atoms with Crippen molar-refractivity contribution >= 4 is 11.6 Å². The van der Waals surface area contributed by atoms with Gasteiger partial charge in [0.2, 0.25) is 0 Å². The Morgan fingerprint density at radius 3 is 2.48 bits per heavy atom. The lowest BCUT2D eigenvalue weighted by Crippen LogP contribution is -2.22. The van der Waals surface area contributed by atoms with Gasteiger partial charge in [-0.05, 0) is 18.1 Å². The number of alkyl halides is 5. The van der Waals surface area contributed by atoms with Crippen LogP contribution >= 0.6 is 11.6 Å². The summed E-state index contributed by atoms with van der Waals surface area (Å²) in [4.78, 5) is 8.02. The predicted octanol–water partition coefficient (Wildman–Crippen LogP) is 4.83. The van der Waals surface area contributed by atoms with Crippen molar-refractivity contribution in [3.63, 3.8) is 0 Å². The predicted molar refractivity (Wildman–Crippen MR) is 81.3 cm³/mol. The Bertz CT molecular complexity index is 732. The molecule has 0 aliphatic carbocycles. The number of nitrogens with zero attached hydrogens (tertiary/aromatic N) is 3. The summed E-state index contributed by atoms with van der Waals surface area (Å²) in [5.41, 5.74) is 0.124. The van der Waals surface area contributed by atoms with Crippen LogP contribution in [0.2, 0.25) is 5.15 Å². The van der Waals surface area contributed by atoms with E-state index in [0.29, 0.717) is 12.2 Å². The van der Waals surface area contributed by atoms with E-state index >= 15 is 0 Å². The first kappa shape index (κ1) is 19.4. The molecule has 10 heteroatoms. The topological polar surface area (TPSA) is 39.9 Å². The minimum Gasteiger partial charge on any atom is -0.431 e. The Kier molecular flexibility index (Phi) is 5.87. The van der Waals surface area contributed by atoms with Gasteiger partial charge in [-0.25, -0.2) is 9.97 Å². The fourth-order valence-electron chi connectivity index (χ4n) is 2.25. The molecule has 4 nitrogen and oxygen atoms in total. The van der Waals surface area contributed by atoms with E-state index in [1.165, 1.54) is 17.0 Å². The van der Waals surface area contributed by atoms with E-state index in [4.69, 9.17) is 11.6 Å². The van der Waals surface area contributed by atoms with E-state index in [1.54, 1.807) is 6.92 Å². The molecule has 0 saturated heterocycles. The van der Waals surface area contributed by atoms with Crippen molar-refractivity contribution < 1.29 is 26.7 Å². The summed E-state index contributed by atoms with van der Waals surface area (Å²) in [5.74, 6) is -1.62. The normalized spacial score (nSPS) is 13.3. The Hall–Kier alpha value is -1.90. The van der Waals surface area contributed by atoms with E-state index in [9.17, 15) is 22.0 Å².